The zero-order valence-electron chi connectivity index (χ0n) is 11.5. The highest BCUT2D eigenvalue weighted by Crippen LogP contribution is 2.20. The largest absolute Gasteiger partial charge is 0.481 e. The van der Waals surface area contributed by atoms with E-state index in [-0.39, 0.29) is 5.75 Å². The molecule has 0 fully saturated rings. The molecule has 0 radical (unpaired) electrons. The fourth-order valence-corrected chi connectivity index (χ4v) is 2.50. The first-order valence-electron chi connectivity index (χ1n) is 6.55. The quantitative estimate of drug-likeness (QED) is 0.674. The third-order valence-electron chi connectivity index (χ3n) is 2.90. The van der Waals surface area contributed by atoms with E-state index in [1.54, 1.807) is 6.20 Å². The van der Waals surface area contributed by atoms with E-state index in [9.17, 15) is 4.79 Å². The number of hydrogen-bond acceptors (Lipinski definition) is 5. The molecule has 0 saturated heterocycles. The van der Waals surface area contributed by atoms with Gasteiger partial charge in [-0.15, -0.1) is 10.2 Å². The molecule has 0 spiro atoms. The number of aromatic amines is 1. The molecule has 7 nitrogen and oxygen atoms in total. The van der Waals surface area contributed by atoms with Crippen molar-refractivity contribution < 1.29 is 9.90 Å². The molecule has 1 aromatic carbocycles. The maximum absolute atomic E-state index is 10.6. The average molecular weight is 315 g/mol. The summed E-state index contributed by atoms with van der Waals surface area (Å²) in [5.74, 6) is -0.312. The molecule has 2 aromatic heterocycles. The van der Waals surface area contributed by atoms with Crippen molar-refractivity contribution >= 4 is 17.7 Å². The number of rotatable bonds is 6. The van der Waals surface area contributed by atoms with Gasteiger partial charge in [0, 0.05) is 18.0 Å². The minimum atomic E-state index is -0.885. The molecule has 0 unspecified atom stereocenters. The third-order valence-corrected chi connectivity index (χ3v) is 3.75. The zero-order chi connectivity index (χ0) is 15.4. The van der Waals surface area contributed by atoms with Crippen molar-refractivity contribution in [1.29, 1.82) is 0 Å². The highest BCUT2D eigenvalue weighted by molar-refractivity contribution is 7.99. The summed E-state index contributed by atoms with van der Waals surface area (Å²) in [4.78, 5) is 13.6. The highest BCUT2D eigenvalue weighted by Gasteiger charge is 2.08. The molecule has 2 heterocycles. The number of aromatic nitrogens is 5. The maximum atomic E-state index is 10.6. The van der Waals surface area contributed by atoms with Crippen LogP contribution in [0.4, 0.5) is 0 Å². The SMILES string of the molecule is O=C(O)CSc1nnc(-c2cccc(Cn3cccn3)c2)[nH]1. The first-order chi connectivity index (χ1) is 10.7. The van der Waals surface area contributed by atoms with Crippen LogP contribution in [-0.4, -0.2) is 41.8 Å². The number of aliphatic carboxylic acids is 1. The van der Waals surface area contributed by atoms with Crippen LogP contribution in [-0.2, 0) is 11.3 Å². The van der Waals surface area contributed by atoms with Gasteiger partial charge in [-0.3, -0.25) is 9.48 Å². The van der Waals surface area contributed by atoms with Gasteiger partial charge in [0.1, 0.15) is 0 Å². The van der Waals surface area contributed by atoms with Gasteiger partial charge < -0.3 is 10.1 Å². The standard InChI is InChI=1S/C14H13N5O2S/c20-12(21)9-22-14-16-13(17-18-14)11-4-1-3-10(7-11)8-19-6-2-5-15-19/h1-7H,8-9H2,(H,20,21)(H,16,17,18). The number of thioether (sulfide) groups is 1. The van der Waals surface area contributed by atoms with Crippen molar-refractivity contribution in [2.75, 3.05) is 5.75 Å². The Kier molecular flexibility index (Phi) is 4.19. The summed E-state index contributed by atoms with van der Waals surface area (Å²) in [6, 6.07) is 9.78. The zero-order valence-corrected chi connectivity index (χ0v) is 12.3. The molecule has 22 heavy (non-hydrogen) atoms. The van der Waals surface area contributed by atoms with E-state index in [4.69, 9.17) is 5.11 Å². The molecule has 0 atom stereocenters. The number of H-pyrrole nitrogens is 1. The van der Waals surface area contributed by atoms with Crippen LogP contribution in [0.15, 0.2) is 47.9 Å². The number of carboxylic acid groups (broad SMARTS) is 1. The summed E-state index contributed by atoms with van der Waals surface area (Å²) in [7, 11) is 0. The van der Waals surface area contributed by atoms with Crippen molar-refractivity contribution in [2.45, 2.75) is 11.7 Å². The predicted molar refractivity (Wildman–Crippen MR) is 81.5 cm³/mol. The average Bonchev–Trinajstić information content (AvgIpc) is 3.16. The second-order valence-corrected chi connectivity index (χ2v) is 5.53. The molecule has 0 aliphatic carbocycles. The molecule has 3 aromatic rings. The van der Waals surface area contributed by atoms with E-state index in [2.05, 4.69) is 20.3 Å². The van der Waals surface area contributed by atoms with Gasteiger partial charge in [0.2, 0.25) is 0 Å². The van der Waals surface area contributed by atoms with Crippen molar-refractivity contribution in [1.82, 2.24) is 25.0 Å². The van der Waals surface area contributed by atoms with E-state index >= 15 is 0 Å². The van der Waals surface area contributed by atoms with Gasteiger partial charge in [-0.1, -0.05) is 30.0 Å². The molecular weight excluding hydrogens is 302 g/mol. The summed E-state index contributed by atoms with van der Waals surface area (Å²) in [6.45, 7) is 0.676. The van der Waals surface area contributed by atoms with Gasteiger partial charge in [0.05, 0.1) is 12.3 Å². The second kappa shape index (κ2) is 6.44. The Balaban J connectivity index is 1.75. The summed E-state index contributed by atoms with van der Waals surface area (Å²) >= 11 is 1.11. The van der Waals surface area contributed by atoms with E-state index in [0.717, 1.165) is 22.9 Å². The van der Waals surface area contributed by atoms with Gasteiger partial charge in [-0.05, 0) is 17.7 Å². The van der Waals surface area contributed by atoms with Crippen LogP contribution in [0.2, 0.25) is 0 Å². The van der Waals surface area contributed by atoms with Crippen LogP contribution in [0.5, 0.6) is 0 Å². The fourth-order valence-electron chi connectivity index (χ4n) is 1.97. The lowest BCUT2D eigenvalue weighted by atomic mass is 10.1. The lowest BCUT2D eigenvalue weighted by Gasteiger charge is -2.03. The Morgan fingerprint density at radius 3 is 3.00 bits per heavy atom. The number of benzene rings is 1. The smallest absolute Gasteiger partial charge is 0.313 e. The topological polar surface area (TPSA) is 96.7 Å². The first-order valence-corrected chi connectivity index (χ1v) is 7.53. The van der Waals surface area contributed by atoms with Crippen molar-refractivity contribution in [2.24, 2.45) is 0 Å². The van der Waals surface area contributed by atoms with Crippen LogP contribution in [0.1, 0.15) is 5.56 Å². The second-order valence-electron chi connectivity index (χ2n) is 4.57. The van der Waals surface area contributed by atoms with Crippen LogP contribution >= 0.6 is 11.8 Å². The molecule has 0 bridgehead atoms. The number of nitrogens with zero attached hydrogens (tertiary/aromatic N) is 4. The van der Waals surface area contributed by atoms with E-state index in [1.807, 2.05) is 41.2 Å². The monoisotopic (exact) mass is 315 g/mol. The summed E-state index contributed by atoms with van der Waals surface area (Å²) in [5.41, 5.74) is 2.00. The molecule has 2 N–H and O–H groups in total. The van der Waals surface area contributed by atoms with Gasteiger partial charge in [0.15, 0.2) is 11.0 Å². The van der Waals surface area contributed by atoms with Gasteiger partial charge in [-0.25, -0.2) is 0 Å². The Hall–Kier alpha value is -2.61. The Labute approximate surface area is 130 Å². The van der Waals surface area contributed by atoms with E-state index < -0.39 is 5.97 Å². The lowest BCUT2D eigenvalue weighted by Crippen LogP contribution is -1.99. The Morgan fingerprint density at radius 1 is 1.32 bits per heavy atom. The predicted octanol–water partition coefficient (Wildman–Crippen LogP) is 1.89. The number of carboxylic acids is 1. The molecule has 3 rings (SSSR count). The van der Waals surface area contributed by atoms with Gasteiger partial charge >= 0.3 is 5.97 Å². The van der Waals surface area contributed by atoms with Crippen molar-refractivity contribution in [3.63, 3.8) is 0 Å². The first kappa shape index (κ1) is 14.3. The van der Waals surface area contributed by atoms with Crippen LogP contribution in [0.3, 0.4) is 0 Å². The Bertz CT molecular complexity index is 769. The lowest BCUT2D eigenvalue weighted by molar-refractivity contribution is -0.133. The maximum Gasteiger partial charge on any atom is 0.313 e. The minimum Gasteiger partial charge on any atom is -0.481 e. The third kappa shape index (κ3) is 3.53. The molecule has 8 heteroatoms. The molecule has 112 valence electrons. The highest BCUT2D eigenvalue weighted by atomic mass is 32.2. The number of hydrogen-bond donors (Lipinski definition) is 2. The summed E-state index contributed by atoms with van der Waals surface area (Å²) in [6.07, 6.45) is 3.65. The minimum absolute atomic E-state index is 0.0476. The molecular formula is C14H13N5O2S. The van der Waals surface area contributed by atoms with Gasteiger partial charge in [-0.2, -0.15) is 5.10 Å². The van der Waals surface area contributed by atoms with Crippen molar-refractivity contribution in [3.05, 3.63) is 48.3 Å². The number of nitrogens with one attached hydrogen (secondary N) is 1. The van der Waals surface area contributed by atoms with Crippen LogP contribution in [0.25, 0.3) is 11.4 Å². The number of carbonyl (C=O) groups is 1. The van der Waals surface area contributed by atoms with Crippen LogP contribution < -0.4 is 0 Å². The molecule has 0 saturated carbocycles. The van der Waals surface area contributed by atoms with Gasteiger partial charge in [0.25, 0.3) is 0 Å². The summed E-state index contributed by atoms with van der Waals surface area (Å²) in [5, 5.41) is 21.3. The summed E-state index contributed by atoms with van der Waals surface area (Å²) < 4.78 is 1.84. The van der Waals surface area contributed by atoms with Crippen molar-refractivity contribution in [3.8, 4) is 11.4 Å². The van der Waals surface area contributed by atoms with E-state index in [0.29, 0.717) is 17.5 Å². The molecule has 0 aliphatic heterocycles. The molecule has 0 amide bonds. The molecule has 0 aliphatic rings. The van der Waals surface area contributed by atoms with E-state index in [1.165, 1.54) is 0 Å². The normalized spacial score (nSPS) is 10.7. The fraction of sp³-hybridized carbons (Fsp3) is 0.143. The Morgan fingerprint density at radius 2 is 2.23 bits per heavy atom. The van der Waals surface area contributed by atoms with Crippen LogP contribution in [0, 0.1) is 0 Å².